The van der Waals surface area contributed by atoms with Crippen molar-refractivity contribution >= 4 is 29.0 Å². The van der Waals surface area contributed by atoms with E-state index in [1.165, 1.54) is 18.5 Å². The van der Waals surface area contributed by atoms with Crippen LogP contribution < -0.4 is 10.6 Å². The summed E-state index contributed by atoms with van der Waals surface area (Å²) in [6, 6.07) is 5.80. The van der Waals surface area contributed by atoms with Crippen molar-refractivity contribution < 1.29 is 9.18 Å². The standard InChI is InChI=1S/C16H17ClFN5O/c1-19-13-14(17)20-9-21-15(13)22-12-6-7-23(16(12)24)8-10-2-4-11(18)5-3-10/h2-5,9,12,19H,6-8H2,1H3,(H,20,21,22). The van der Waals surface area contributed by atoms with Crippen LogP contribution in [0.1, 0.15) is 12.0 Å². The average Bonchev–Trinajstić information content (AvgIpc) is 2.90. The van der Waals surface area contributed by atoms with Gasteiger partial charge in [0.2, 0.25) is 5.91 Å². The molecule has 6 nitrogen and oxygen atoms in total. The lowest BCUT2D eigenvalue weighted by Crippen LogP contribution is -2.33. The maximum atomic E-state index is 13.0. The van der Waals surface area contributed by atoms with Gasteiger partial charge in [-0.1, -0.05) is 23.7 Å². The van der Waals surface area contributed by atoms with E-state index in [0.717, 1.165) is 5.56 Å². The van der Waals surface area contributed by atoms with Gasteiger partial charge >= 0.3 is 0 Å². The van der Waals surface area contributed by atoms with Gasteiger partial charge in [0.15, 0.2) is 11.0 Å². The molecule has 2 N–H and O–H groups in total. The zero-order chi connectivity index (χ0) is 17.1. The fourth-order valence-corrected chi connectivity index (χ4v) is 2.93. The van der Waals surface area contributed by atoms with Gasteiger partial charge in [-0.15, -0.1) is 0 Å². The number of carbonyl (C=O) groups excluding carboxylic acids is 1. The zero-order valence-corrected chi connectivity index (χ0v) is 13.8. The molecule has 0 spiro atoms. The molecule has 0 bridgehead atoms. The highest BCUT2D eigenvalue weighted by molar-refractivity contribution is 6.32. The van der Waals surface area contributed by atoms with E-state index in [2.05, 4.69) is 20.6 Å². The van der Waals surface area contributed by atoms with E-state index in [1.54, 1.807) is 24.1 Å². The molecule has 1 aliphatic heterocycles. The van der Waals surface area contributed by atoms with E-state index in [-0.39, 0.29) is 17.8 Å². The Morgan fingerprint density at radius 2 is 2.08 bits per heavy atom. The molecular formula is C16H17ClFN5O. The minimum Gasteiger partial charge on any atom is -0.383 e. The van der Waals surface area contributed by atoms with E-state index < -0.39 is 0 Å². The Balaban J connectivity index is 1.68. The number of halogens is 2. The summed E-state index contributed by atoms with van der Waals surface area (Å²) in [7, 11) is 1.72. The van der Waals surface area contributed by atoms with E-state index in [9.17, 15) is 9.18 Å². The summed E-state index contributed by atoms with van der Waals surface area (Å²) in [5.41, 5.74) is 1.45. The summed E-state index contributed by atoms with van der Waals surface area (Å²) in [6.45, 7) is 1.09. The number of likely N-dealkylation sites (tertiary alicyclic amines) is 1. The van der Waals surface area contributed by atoms with Gasteiger partial charge in [-0.25, -0.2) is 14.4 Å². The van der Waals surface area contributed by atoms with Crippen molar-refractivity contribution in [2.24, 2.45) is 0 Å². The number of nitrogens with one attached hydrogen (secondary N) is 2. The summed E-state index contributed by atoms with van der Waals surface area (Å²) in [6.07, 6.45) is 2.01. The molecule has 8 heteroatoms. The second kappa shape index (κ2) is 7.00. The molecule has 1 aromatic heterocycles. The first-order chi connectivity index (χ1) is 11.6. The Bertz CT molecular complexity index is 740. The Morgan fingerprint density at radius 3 is 2.79 bits per heavy atom. The summed E-state index contributed by atoms with van der Waals surface area (Å²) >= 11 is 6.02. The van der Waals surface area contributed by atoms with Crippen LogP contribution in [0.3, 0.4) is 0 Å². The number of hydrogen-bond acceptors (Lipinski definition) is 5. The predicted molar refractivity (Wildman–Crippen MR) is 90.4 cm³/mol. The zero-order valence-electron chi connectivity index (χ0n) is 13.1. The Morgan fingerprint density at radius 1 is 1.33 bits per heavy atom. The highest BCUT2D eigenvalue weighted by Gasteiger charge is 2.32. The monoisotopic (exact) mass is 349 g/mol. The van der Waals surface area contributed by atoms with Gasteiger partial charge in [0, 0.05) is 20.1 Å². The third-order valence-electron chi connectivity index (χ3n) is 3.95. The molecule has 1 saturated heterocycles. The van der Waals surface area contributed by atoms with Crippen molar-refractivity contribution in [1.29, 1.82) is 0 Å². The molecule has 1 aromatic carbocycles. The Hall–Kier alpha value is -2.41. The first-order valence-corrected chi connectivity index (χ1v) is 7.94. The number of hydrogen-bond donors (Lipinski definition) is 2. The quantitative estimate of drug-likeness (QED) is 0.812. The summed E-state index contributed by atoms with van der Waals surface area (Å²) in [4.78, 5) is 22.4. The first kappa shape index (κ1) is 16.4. The summed E-state index contributed by atoms with van der Waals surface area (Å²) in [5, 5.41) is 6.35. The SMILES string of the molecule is CNc1c(Cl)ncnc1NC1CCN(Cc2ccc(F)cc2)C1=O. The number of aromatic nitrogens is 2. The highest BCUT2D eigenvalue weighted by Crippen LogP contribution is 2.27. The maximum Gasteiger partial charge on any atom is 0.245 e. The van der Waals surface area contributed by atoms with Gasteiger partial charge < -0.3 is 15.5 Å². The van der Waals surface area contributed by atoms with Crippen molar-refractivity contribution in [2.45, 2.75) is 19.0 Å². The second-order valence-corrected chi connectivity index (χ2v) is 5.87. The number of amides is 1. The van der Waals surface area contributed by atoms with Gasteiger partial charge in [0.25, 0.3) is 0 Å². The number of carbonyl (C=O) groups is 1. The fraction of sp³-hybridized carbons (Fsp3) is 0.312. The van der Waals surface area contributed by atoms with Crippen LogP contribution in [0.4, 0.5) is 15.9 Å². The van der Waals surface area contributed by atoms with Crippen LogP contribution >= 0.6 is 11.6 Å². The second-order valence-electron chi connectivity index (χ2n) is 5.51. The molecule has 1 amide bonds. The van der Waals surface area contributed by atoms with Gasteiger partial charge in [0.05, 0.1) is 0 Å². The Labute approximate surface area is 144 Å². The van der Waals surface area contributed by atoms with Crippen molar-refractivity contribution in [3.63, 3.8) is 0 Å². The Kier molecular flexibility index (Phi) is 4.80. The molecule has 2 heterocycles. The van der Waals surface area contributed by atoms with Crippen LogP contribution in [0.5, 0.6) is 0 Å². The van der Waals surface area contributed by atoms with Crippen LogP contribution in [-0.4, -0.2) is 40.4 Å². The molecule has 2 aromatic rings. The number of rotatable bonds is 5. The lowest BCUT2D eigenvalue weighted by molar-refractivity contribution is -0.128. The fourth-order valence-electron chi connectivity index (χ4n) is 2.70. The predicted octanol–water partition coefficient (Wildman–Crippen LogP) is 2.52. The van der Waals surface area contributed by atoms with E-state index in [1.807, 2.05) is 0 Å². The van der Waals surface area contributed by atoms with Gasteiger partial charge in [-0.2, -0.15) is 0 Å². The molecular weight excluding hydrogens is 333 g/mol. The normalized spacial score (nSPS) is 17.2. The van der Waals surface area contributed by atoms with Crippen molar-refractivity contribution in [1.82, 2.24) is 14.9 Å². The molecule has 0 saturated carbocycles. The van der Waals surface area contributed by atoms with Crippen LogP contribution in [0.15, 0.2) is 30.6 Å². The molecule has 1 fully saturated rings. The number of benzene rings is 1. The third kappa shape index (κ3) is 3.41. The van der Waals surface area contributed by atoms with Crippen molar-refractivity contribution in [3.8, 4) is 0 Å². The van der Waals surface area contributed by atoms with Gasteiger partial charge in [-0.05, 0) is 24.1 Å². The van der Waals surface area contributed by atoms with Gasteiger partial charge in [-0.3, -0.25) is 4.79 Å². The maximum absolute atomic E-state index is 13.0. The lowest BCUT2D eigenvalue weighted by Gasteiger charge is -2.18. The molecule has 0 radical (unpaired) electrons. The average molecular weight is 350 g/mol. The van der Waals surface area contributed by atoms with Crippen LogP contribution in [-0.2, 0) is 11.3 Å². The van der Waals surface area contributed by atoms with Crippen molar-refractivity contribution in [2.75, 3.05) is 24.2 Å². The van der Waals surface area contributed by atoms with E-state index >= 15 is 0 Å². The molecule has 0 aliphatic carbocycles. The minimum absolute atomic E-state index is 0.0175. The van der Waals surface area contributed by atoms with Gasteiger partial charge in [0.1, 0.15) is 23.9 Å². The summed E-state index contributed by atoms with van der Waals surface area (Å²) in [5.74, 6) is 0.196. The number of nitrogens with zero attached hydrogens (tertiary/aromatic N) is 3. The lowest BCUT2D eigenvalue weighted by atomic mass is 10.2. The first-order valence-electron chi connectivity index (χ1n) is 7.56. The van der Waals surface area contributed by atoms with Crippen LogP contribution in [0.2, 0.25) is 5.15 Å². The molecule has 3 rings (SSSR count). The molecule has 1 atom stereocenters. The molecule has 1 unspecified atom stereocenters. The van der Waals surface area contributed by atoms with Crippen molar-refractivity contribution in [3.05, 3.63) is 47.1 Å². The minimum atomic E-state index is -0.372. The topological polar surface area (TPSA) is 70.2 Å². The van der Waals surface area contributed by atoms with E-state index in [0.29, 0.717) is 36.2 Å². The van der Waals surface area contributed by atoms with Crippen LogP contribution in [0, 0.1) is 5.82 Å². The smallest absolute Gasteiger partial charge is 0.245 e. The van der Waals surface area contributed by atoms with Crippen LogP contribution in [0.25, 0.3) is 0 Å². The molecule has 1 aliphatic rings. The highest BCUT2D eigenvalue weighted by atomic mass is 35.5. The molecule has 24 heavy (non-hydrogen) atoms. The van der Waals surface area contributed by atoms with E-state index in [4.69, 9.17) is 11.6 Å². The third-order valence-corrected chi connectivity index (χ3v) is 4.23. The number of anilines is 2. The largest absolute Gasteiger partial charge is 0.383 e. The molecule has 126 valence electrons. The summed E-state index contributed by atoms with van der Waals surface area (Å²) < 4.78 is 13.0.